The summed E-state index contributed by atoms with van der Waals surface area (Å²) in [6, 6.07) is 17.0. The normalized spacial score (nSPS) is 10.6. The van der Waals surface area contributed by atoms with Crippen LogP contribution in [-0.4, -0.2) is 43.3 Å². The van der Waals surface area contributed by atoms with Crippen molar-refractivity contribution in [1.29, 1.82) is 0 Å². The molecule has 6 nitrogen and oxygen atoms in total. The topological polar surface area (TPSA) is 77.5 Å². The highest BCUT2D eigenvalue weighted by Crippen LogP contribution is 2.31. The maximum atomic E-state index is 13.1. The lowest BCUT2D eigenvalue weighted by atomic mass is 10.1. The Morgan fingerprint density at radius 2 is 2.00 bits per heavy atom. The van der Waals surface area contributed by atoms with E-state index in [2.05, 4.69) is 10.3 Å². The number of benzene rings is 2. The molecular formula is C26H28N2O4S. The number of ether oxygens (including phenoxy) is 2. The minimum absolute atomic E-state index is 0.198. The van der Waals surface area contributed by atoms with Crippen molar-refractivity contribution in [2.75, 3.05) is 31.4 Å². The number of hydrogen-bond donors (Lipinski definition) is 1. The minimum Gasteiger partial charge on any atom is -0.491 e. The molecule has 1 amide bonds. The summed E-state index contributed by atoms with van der Waals surface area (Å²) in [6.07, 6.45) is 3.21. The average molecular weight is 465 g/mol. The molecular weight excluding hydrogens is 436 g/mol. The van der Waals surface area contributed by atoms with Crippen LogP contribution >= 0.6 is 11.8 Å². The van der Waals surface area contributed by atoms with E-state index in [1.807, 2.05) is 55.5 Å². The molecule has 1 heterocycles. The number of nitrogens with one attached hydrogen (secondary N) is 1. The number of thioether (sulfide) groups is 1. The monoisotopic (exact) mass is 464 g/mol. The smallest absolute Gasteiger partial charge is 0.255 e. The van der Waals surface area contributed by atoms with E-state index < -0.39 is 0 Å². The molecule has 0 fully saturated rings. The van der Waals surface area contributed by atoms with Gasteiger partial charge in [-0.3, -0.25) is 9.78 Å². The fourth-order valence-electron chi connectivity index (χ4n) is 3.18. The fourth-order valence-corrected chi connectivity index (χ4v) is 4.00. The number of methoxy groups -OCH3 is 1. The van der Waals surface area contributed by atoms with Crippen LogP contribution in [0.5, 0.6) is 5.75 Å². The van der Waals surface area contributed by atoms with Crippen molar-refractivity contribution in [2.45, 2.75) is 19.1 Å². The Balaban J connectivity index is 1.81. The molecule has 7 heteroatoms. The van der Waals surface area contributed by atoms with Gasteiger partial charge in [0.05, 0.1) is 18.0 Å². The first-order valence-electron chi connectivity index (χ1n) is 10.7. The number of carbonyl (C=O) groups is 2. The van der Waals surface area contributed by atoms with Crippen molar-refractivity contribution in [1.82, 2.24) is 4.98 Å². The van der Waals surface area contributed by atoms with Crippen molar-refractivity contribution in [3.05, 3.63) is 77.5 Å². The fraction of sp³-hybridized carbons (Fsp3) is 0.269. The van der Waals surface area contributed by atoms with Crippen molar-refractivity contribution >= 4 is 29.6 Å². The first kappa shape index (κ1) is 24.5. The number of hydrogen-bond acceptors (Lipinski definition) is 6. The molecule has 0 saturated carbocycles. The van der Waals surface area contributed by atoms with Gasteiger partial charge in [-0.1, -0.05) is 12.1 Å². The summed E-state index contributed by atoms with van der Waals surface area (Å²) in [6.45, 7) is 2.92. The van der Waals surface area contributed by atoms with Gasteiger partial charge in [-0.15, -0.1) is 0 Å². The van der Waals surface area contributed by atoms with E-state index in [-0.39, 0.29) is 5.91 Å². The molecule has 3 aromatic rings. The van der Waals surface area contributed by atoms with Crippen LogP contribution in [-0.2, 0) is 15.3 Å². The van der Waals surface area contributed by atoms with Crippen LogP contribution in [0.4, 0.5) is 5.69 Å². The summed E-state index contributed by atoms with van der Waals surface area (Å²) in [5, 5.41) is 3.03. The Bertz CT molecular complexity index is 1090. The highest BCUT2D eigenvalue weighted by Gasteiger charge is 2.14. The van der Waals surface area contributed by atoms with Crippen LogP contribution in [0.3, 0.4) is 0 Å². The Hall–Kier alpha value is -3.16. The summed E-state index contributed by atoms with van der Waals surface area (Å²) < 4.78 is 10.8. The van der Waals surface area contributed by atoms with Gasteiger partial charge in [0.25, 0.3) is 5.91 Å². The molecule has 172 valence electrons. The predicted molar refractivity (Wildman–Crippen MR) is 133 cm³/mol. The van der Waals surface area contributed by atoms with E-state index in [4.69, 9.17) is 9.47 Å². The number of pyridine rings is 1. The SMILES string of the molecule is COCCOc1ccc(NC(=O)c2cccc(CSCCC=O)c2)c(-c2cc(C)ccn2)c1. The lowest BCUT2D eigenvalue weighted by Crippen LogP contribution is -2.13. The van der Waals surface area contributed by atoms with Crippen molar-refractivity contribution in [3.63, 3.8) is 0 Å². The average Bonchev–Trinajstić information content (AvgIpc) is 2.83. The number of aromatic nitrogens is 1. The highest BCUT2D eigenvalue weighted by atomic mass is 32.2. The number of aryl methyl sites for hydroxylation is 1. The summed E-state index contributed by atoms with van der Waals surface area (Å²) >= 11 is 1.67. The van der Waals surface area contributed by atoms with Crippen LogP contribution in [0.25, 0.3) is 11.3 Å². The Morgan fingerprint density at radius 1 is 1.12 bits per heavy atom. The molecule has 0 spiro atoms. The molecule has 0 bridgehead atoms. The number of anilines is 1. The molecule has 0 radical (unpaired) electrons. The Labute approximate surface area is 198 Å². The van der Waals surface area contributed by atoms with Gasteiger partial charge in [0.2, 0.25) is 0 Å². The van der Waals surface area contributed by atoms with Crippen LogP contribution in [0.2, 0.25) is 0 Å². The summed E-state index contributed by atoms with van der Waals surface area (Å²) in [5.41, 5.74) is 4.88. The molecule has 0 saturated heterocycles. The third-order valence-corrected chi connectivity index (χ3v) is 5.89. The second-order valence-corrected chi connectivity index (χ2v) is 8.53. The standard InChI is InChI=1S/C26H28N2O4S/c1-19-9-10-27-25(15-19)23-17-22(32-13-12-31-2)7-8-24(23)28-26(30)21-6-3-5-20(16-21)18-33-14-4-11-29/h3,5-11,15-17H,4,12-14,18H2,1-2H3,(H,28,30). The molecule has 0 unspecified atom stereocenters. The van der Waals surface area contributed by atoms with Gasteiger partial charge >= 0.3 is 0 Å². The molecule has 3 rings (SSSR count). The number of nitrogens with zero attached hydrogens (tertiary/aromatic N) is 1. The number of aldehydes is 1. The van der Waals surface area contributed by atoms with Gasteiger partial charge in [-0.25, -0.2) is 0 Å². The van der Waals surface area contributed by atoms with Crippen LogP contribution < -0.4 is 10.1 Å². The zero-order valence-corrected chi connectivity index (χ0v) is 19.7. The molecule has 0 aliphatic carbocycles. The molecule has 2 aromatic carbocycles. The maximum absolute atomic E-state index is 13.1. The highest BCUT2D eigenvalue weighted by molar-refractivity contribution is 7.98. The van der Waals surface area contributed by atoms with E-state index in [9.17, 15) is 9.59 Å². The van der Waals surface area contributed by atoms with Crippen molar-refractivity contribution < 1.29 is 19.1 Å². The second-order valence-electron chi connectivity index (χ2n) is 7.43. The van der Waals surface area contributed by atoms with Crippen LogP contribution in [0, 0.1) is 6.92 Å². The van der Waals surface area contributed by atoms with Crippen molar-refractivity contribution in [2.24, 2.45) is 0 Å². The van der Waals surface area contributed by atoms with Gasteiger partial charge in [-0.05, 0) is 60.5 Å². The van der Waals surface area contributed by atoms with E-state index in [0.29, 0.717) is 36.6 Å². The van der Waals surface area contributed by atoms with Gasteiger partial charge in [0.15, 0.2) is 0 Å². The molecule has 0 aliphatic rings. The van der Waals surface area contributed by atoms with Crippen LogP contribution in [0.1, 0.15) is 27.9 Å². The second kappa shape index (κ2) is 12.8. The minimum atomic E-state index is -0.198. The number of amides is 1. The number of rotatable bonds is 12. The lowest BCUT2D eigenvalue weighted by Gasteiger charge is -2.14. The maximum Gasteiger partial charge on any atom is 0.255 e. The Morgan fingerprint density at radius 3 is 2.79 bits per heavy atom. The lowest BCUT2D eigenvalue weighted by molar-refractivity contribution is -0.107. The summed E-state index contributed by atoms with van der Waals surface area (Å²) in [7, 11) is 1.63. The third-order valence-electron chi connectivity index (χ3n) is 4.82. The summed E-state index contributed by atoms with van der Waals surface area (Å²) in [4.78, 5) is 28.0. The summed E-state index contributed by atoms with van der Waals surface area (Å²) in [5.74, 6) is 2.00. The van der Waals surface area contributed by atoms with Gasteiger partial charge in [0, 0.05) is 42.4 Å². The van der Waals surface area contributed by atoms with E-state index in [1.165, 1.54) is 0 Å². The van der Waals surface area contributed by atoms with Crippen molar-refractivity contribution in [3.8, 4) is 17.0 Å². The van der Waals surface area contributed by atoms with E-state index in [1.54, 1.807) is 31.1 Å². The zero-order valence-electron chi connectivity index (χ0n) is 18.9. The van der Waals surface area contributed by atoms with Gasteiger partial charge in [0.1, 0.15) is 18.6 Å². The number of carbonyl (C=O) groups excluding carboxylic acids is 2. The molecule has 0 atom stereocenters. The van der Waals surface area contributed by atoms with E-state index in [0.717, 1.165) is 40.2 Å². The zero-order chi connectivity index (χ0) is 23.5. The van der Waals surface area contributed by atoms with Gasteiger partial charge < -0.3 is 19.6 Å². The van der Waals surface area contributed by atoms with Crippen LogP contribution in [0.15, 0.2) is 60.8 Å². The predicted octanol–water partition coefficient (Wildman–Crippen LogP) is 5.16. The van der Waals surface area contributed by atoms with E-state index >= 15 is 0 Å². The quantitative estimate of drug-likeness (QED) is 0.295. The molecule has 0 aliphatic heterocycles. The molecule has 1 N–H and O–H groups in total. The first-order valence-corrected chi connectivity index (χ1v) is 11.9. The largest absolute Gasteiger partial charge is 0.491 e. The first-order chi connectivity index (χ1) is 16.1. The van der Waals surface area contributed by atoms with Gasteiger partial charge in [-0.2, -0.15) is 11.8 Å². The molecule has 33 heavy (non-hydrogen) atoms. The molecule has 1 aromatic heterocycles. The third kappa shape index (κ3) is 7.44. The Kier molecular flexibility index (Phi) is 9.47.